The first-order valence-electron chi connectivity index (χ1n) is 10.3. The molecule has 9 nitrogen and oxygen atoms in total. The summed E-state index contributed by atoms with van der Waals surface area (Å²) >= 11 is 6.00. The molecule has 3 heterocycles. The fourth-order valence-corrected chi connectivity index (χ4v) is 4.43. The minimum absolute atomic E-state index is 0.227. The van der Waals surface area contributed by atoms with Gasteiger partial charge in [-0.05, 0) is 36.6 Å². The molecule has 1 amide bonds. The van der Waals surface area contributed by atoms with Gasteiger partial charge in [-0.2, -0.15) is 0 Å². The minimum atomic E-state index is -1.21. The van der Waals surface area contributed by atoms with Gasteiger partial charge in [-0.3, -0.25) is 4.79 Å². The average Bonchev–Trinajstić information content (AvgIpc) is 3.27. The van der Waals surface area contributed by atoms with Crippen molar-refractivity contribution in [3.63, 3.8) is 0 Å². The Bertz CT molecular complexity index is 1110. The van der Waals surface area contributed by atoms with Crippen LogP contribution in [0.25, 0.3) is 11.0 Å². The fraction of sp³-hybridized carbons (Fsp3) is 0.381. The van der Waals surface area contributed by atoms with Gasteiger partial charge in [0, 0.05) is 37.1 Å². The number of hydrogen-bond acceptors (Lipinski definition) is 6. The molecule has 1 aromatic carbocycles. The number of nitrogens with two attached hydrogens (primary N) is 1. The SMILES string of the molecule is CS(=O)NCC(NC(=O)C1(N)CCN(c2ncnc3[nH]ccc23)CC1)c1ccc(Cl)cc1. The summed E-state index contributed by atoms with van der Waals surface area (Å²) in [6.07, 6.45) is 5.88. The van der Waals surface area contributed by atoms with Crippen LogP contribution in [0, 0.1) is 0 Å². The van der Waals surface area contributed by atoms with Crippen LogP contribution in [0.3, 0.4) is 0 Å². The maximum absolute atomic E-state index is 13.2. The smallest absolute Gasteiger partial charge is 0.240 e. The number of nitrogens with one attached hydrogen (secondary N) is 3. The normalized spacial score (nSPS) is 17.8. The Morgan fingerprint density at radius 1 is 1.28 bits per heavy atom. The van der Waals surface area contributed by atoms with Crippen LogP contribution in [0.5, 0.6) is 0 Å². The van der Waals surface area contributed by atoms with E-state index in [0.717, 1.165) is 22.4 Å². The average molecular weight is 476 g/mol. The van der Waals surface area contributed by atoms with Crippen molar-refractivity contribution in [2.24, 2.45) is 5.73 Å². The highest BCUT2D eigenvalue weighted by Gasteiger charge is 2.39. The Morgan fingerprint density at radius 3 is 2.69 bits per heavy atom. The molecule has 1 aliphatic rings. The van der Waals surface area contributed by atoms with E-state index in [1.54, 1.807) is 18.4 Å². The number of rotatable bonds is 7. The third-order valence-corrected chi connectivity index (χ3v) is 6.63. The quantitative estimate of drug-likeness (QED) is 0.411. The van der Waals surface area contributed by atoms with Crippen LogP contribution >= 0.6 is 11.6 Å². The van der Waals surface area contributed by atoms with Crippen molar-refractivity contribution < 1.29 is 9.00 Å². The van der Waals surface area contributed by atoms with E-state index in [0.29, 0.717) is 37.5 Å². The first-order chi connectivity index (χ1) is 15.4. The molecule has 2 unspecified atom stereocenters. The van der Waals surface area contributed by atoms with Gasteiger partial charge in [0.05, 0.1) is 28.0 Å². The van der Waals surface area contributed by atoms with Crippen molar-refractivity contribution in [1.29, 1.82) is 0 Å². The number of anilines is 1. The second kappa shape index (κ2) is 9.53. The van der Waals surface area contributed by atoms with Crippen LogP contribution in [-0.2, 0) is 15.8 Å². The molecule has 0 spiro atoms. The van der Waals surface area contributed by atoms with Gasteiger partial charge in [-0.15, -0.1) is 0 Å². The summed E-state index contributed by atoms with van der Waals surface area (Å²) in [7, 11) is -1.21. The number of carbonyl (C=O) groups excluding carboxylic acids is 1. The van der Waals surface area contributed by atoms with Gasteiger partial charge in [0.1, 0.15) is 17.8 Å². The van der Waals surface area contributed by atoms with Crippen molar-refractivity contribution >= 4 is 45.3 Å². The number of H-pyrrole nitrogens is 1. The van der Waals surface area contributed by atoms with Gasteiger partial charge >= 0.3 is 0 Å². The van der Waals surface area contributed by atoms with Crippen LogP contribution in [0.4, 0.5) is 5.82 Å². The molecule has 32 heavy (non-hydrogen) atoms. The van der Waals surface area contributed by atoms with Crippen LogP contribution in [0.2, 0.25) is 5.02 Å². The number of nitrogens with zero attached hydrogens (tertiary/aromatic N) is 3. The van der Waals surface area contributed by atoms with Crippen molar-refractivity contribution in [3.8, 4) is 0 Å². The van der Waals surface area contributed by atoms with E-state index < -0.39 is 16.5 Å². The zero-order chi connectivity index (χ0) is 22.7. The van der Waals surface area contributed by atoms with Crippen LogP contribution in [0.1, 0.15) is 24.4 Å². The molecule has 0 bridgehead atoms. The van der Waals surface area contributed by atoms with Gasteiger partial charge < -0.3 is 20.9 Å². The predicted octanol–water partition coefficient (Wildman–Crippen LogP) is 1.65. The van der Waals surface area contributed by atoms with E-state index in [4.69, 9.17) is 17.3 Å². The van der Waals surface area contributed by atoms with Crippen LogP contribution < -0.4 is 20.7 Å². The topological polar surface area (TPSA) is 129 Å². The summed E-state index contributed by atoms with van der Waals surface area (Å²) in [5.41, 5.74) is 7.20. The van der Waals surface area contributed by atoms with Crippen molar-refractivity contribution in [2.45, 2.75) is 24.4 Å². The highest BCUT2D eigenvalue weighted by atomic mass is 35.5. The van der Waals surface area contributed by atoms with Gasteiger partial charge in [0.25, 0.3) is 0 Å². The maximum atomic E-state index is 13.2. The van der Waals surface area contributed by atoms with Crippen LogP contribution in [0.15, 0.2) is 42.9 Å². The molecule has 5 N–H and O–H groups in total. The molecule has 2 aromatic heterocycles. The largest absolute Gasteiger partial charge is 0.356 e. The second-order valence-corrected chi connectivity index (χ2v) is 9.59. The van der Waals surface area contributed by atoms with Gasteiger partial charge in [-0.25, -0.2) is 18.9 Å². The van der Waals surface area contributed by atoms with Gasteiger partial charge in [-0.1, -0.05) is 23.7 Å². The molecular weight excluding hydrogens is 450 g/mol. The number of piperidine rings is 1. The highest BCUT2D eigenvalue weighted by molar-refractivity contribution is 7.82. The number of hydrogen-bond donors (Lipinski definition) is 4. The Morgan fingerprint density at radius 2 is 2.00 bits per heavy atom. The summed E-state index contributed by atoms with van der Waals surface area (Å²) in [4.78, 5) is 27.1. The molecule has 1 aliphatic heterocycles. The molecule has 3 aromatic rings. The minimum Gasteiger partial charge on any atom is -0.356 e. The molecule has 1 saturated heterocycles. The second-order valence-electron chi connectivity index (χ2n) is 7.96. The molecule has 4 rings (SSSR count). The number of fused-ring (bicyclic) bond motifs is 1. The van der Waals surface area contributed by atoms with E-state index in [1.165, 1.54) is 6.33 Å². The number of aromatic nitrogens is 3. The maximum Gasteiger partial charge on any atom is 0.240 e. The summed E-state index contributed by atoms with van der Waals surface area (Å²) in [6, 6.07) is 8.78. The number of halogens is 1. The van der Waals surface area contributed by atoms with Crippen molar-refractivity contribution in [1.82, 2.24) is 25.0 Å². The third-order valence-electron chi connectivity index (χ3n) is 5.81. The molecule has 0 saturated carbocycles. The lowest BCUT2D eigenvalue weighted by Crippen LogP contribution is -2.60. The van der Waals surface area contributed by atoms with E-state index in [-0.39, 0.29) is 11.9 Å². The first-order valence-corrected chi connectivity index (χ1v) is 12.2. The Hall–Kier alpha value is -2.53. The van der Waals surface area contributed by atoms with E-state index >= 15 is 0 Å². The van der Waals surface area contributed by atoms with Crippen molar-refractivity contribution in [2.75, 3.05) is 30.8 Å². The molecule has 1 fully saturated rings. The van der Waals surface area contributed by atoms with Gasteiger partial charge in [0.15, 0.2) is 0 Å². The number of aromatic amines is 1. The van der Waals surface area contributed by atoms with E-state index in [2.05, 4.69) is 29.9 Å². The summed E-state index contributed by atoms with van der Waals surface area (Å²) < 4.78 is 14.4. The summed E-state index contributed by atoms with van der Waals surface area (Å²) in [5, 5.41) is 4.60. The molecular formula is C21H26ClN7O2S. The molecule has 0 radical (unpaired) electrons. The predicted molar refractivity (Wildman–Crippen MR) is 127 cm³/mol. The summed E-state index contributed by atoms with van der Waals surface area (Å²) in [5.74, 6) is 0.614. The molecule has 2 atom stereocenters. The molecule has 0 aliphatic carbocycles. The number of carbonyl (C=O) groups is 1. The van der Waals surface area contributed by atoms with Gasteiger partial charge in [0.2, 0.25) is 5.91 Å². The summed E-state index contributed by atoms with van der Waals surface area (Å²) in [6.45, 7) is 1.51. The van der Waals surface area contributed by atoms with Crippen LogP contribution in [-0.4, -0.2) is 56.5 Å². The Kier molecular flexibility index (Phi) is 6.75. The Balaban J connectivity index is 1.45. The zero-order valence-electron chi connectivity index (χ0n) is 17.7. The molecule has 11 heteroatoms. The Labute approximate surface area is 193 Å². The zero-order valence-corrected chi connectivity index (χ0v) is 19.2. The lowest BCUT2D eigenvalue weighted by molar-refractivity contribution is -0.127. The fourth-order valence-electron chi connectivity index (χ4n) is 3.91. The molecule has 170 valence electrons. The van der Waals surface area contributed by atoms with E-state index in [1.807, 2.05) is 24.4 Å². The number of amides is 1. The monoisotopic (exact) mass is 475 g/mol. The lowest BCUT2D eigenvalue weighted by atomic mass is 9.87. The van der Waals surface area contributed by atoms with E-state index in [9.17, 15) is 9.00 Å². The number of benzene rings is 1. The van der Waals surface area contributed by atoms with Crippen molar-refractivity contribution in [3.05, 3.63) is 53.4 Å². The standard InChI is InChI=1S/C21H26ClN7O2S/c1-32(31)27-12-17(14-2-4-15(22)5-3-14)28-20(30)21(23)7-10-29(11-8-21)19-16-6-9-24-18(16)25-13-26-19/h2-6,9,13,17,27H,7-8,10-12,23H2,1H3,(H,28,30)(H,24,25,26). The first kappa shape index (κ1) is 22.7. The highest BCUT2D eigenvalue weighted by Crippen LogP contribution is 2.28. The lowest BCUT2D eigenvalue weighted by Gasteiger charge is -2.39. The third kappa shape index (κ3) is 4.93.